The average Bonchev–Trinajstić information content (AvgIpc) is 3.01. The van der Waals surface area contributed by atoms with E-state index in [1.54, 1.807) is 13.0 Å². The minimum absolute atomic E-state index is 0.0159. The summed E-state index contributed by atoms with van der Waals surface area (Å²) in [5.74, 6) is -0.393. The number of aliphatic hydroxyl groups excluding tert-OH is 2. The zero-order valence-corrected chi connectivity index (χ0v) is 20.9. The average molecular weight is 459 g/mol. The van der Waals surface area contributed by atoms with Crippen LogP contribution in [0.5, 0.6) is 0 Å². The van der Waals surface area contributed by atoms with Crippen molar-refractivity contribution >= 4 is 11.6 Å². The van der Waals surface area contributed by atoms with E-state index in [9.17, 15) is 24.9 Å². The normalized spacial score (nSPS) is 44.6. The topological polar surface area (TPSA) is 94.8 Å². The Balaban J connectivity index is 1.65. The number of fused-ring (bicyclic) bond motifs is 5. The standard InChI is InChI=1S/C28H42O5/c1-15(2)16(3)7-12-28(6,33)25-22(31)13-18-23-17(8-10-27(18,25)5)26(4)11-9-20(29)24(32)19(26)14-21(23)30/h14-15,17-18,20,23-25,29,32-33H,3,7-13H2,1-2,4-6H3/t17-,18-,20-,23+,24+,25-,26+,27-,28-/m0/s1. The fraction of sp³-hybridized carbons (Fsp3) is 0.786. The lowest BCUT2D eigenvalue weighted by Gasteiger charge is -2.58. The van der Waals surface area contributed by atoms with E-state index >= 15 is 0 Å². The number of hydrogen-bond acceptors (Lipinski definition) is 5. The molecule has 0 amide bonds. The molecule has 0 spiro atoms. The first-order chi connectivity index (χ1) is 15.2. The molecule has 0 unspecified atom stereocenters. The molecule has 0 aromatic carbocycles. The third-order valence-electron chi connectivity index (χ3n) is 10.2. The van der Waals surface area contributed by atoms with Crippen molar-refractivity contribution in [3.8, 4) is 0 Å². The third kappa shape index (κ3) is 3.70. The van der Waals surface area contributed by atoms with E-state index in [0.29, 0.717) is 37.2 Å². The van der Waals surface area contributed by atoms with Gasteiger partial charge in [-0.05, 0) is 85.7 Å². The van der Waals surface area contributed by atoms with Gasteiger partial charge in [-0.2, -0.15) is 0 Å². The summed E-state index contributed by atoms with van der Waals surface area (Å²) in [6, 6.07) is 0. The first-order valence-corrected chi connectivity index (χ1v) is 12.8. The maximum absolute atomic E-state index is 13.5. The Bertz CT molecular complexity index is 885. The summed E-state index contributed by atoms with van der Waals surface area (Å²) in [6.07, 6.45) is 4.12. The van der Waals surface area contributed by atoms with Crippen LogP contribution >= 0.6 is 0 Å². The van der Waals surface area contributed by atoms with Crippen LogP contribution in [0, 0.1) is 40.4 Å². The summed E-state index contributed by atoms with van der Waals surface area (Å²) in [4.78, 5) is 26.9. The van der Waals surface area contributed by atoms with Crippen molar-refractivity contribution in [2.24, 2.45) is 40.4 Å². The minimum Gasteiger partial charge on any atom is -0.390 e. The van der Waals surface area contributed by atoms with Gasteiger partial charge in [0.15, 0.2) is 5.78 Å². The zero-order chi connectivity index (χ0) is 24.5. The molecule has 0 saturated heterocycles. The lowest BCUT2D eigenvalue weighted by atomic mass is 9.46. The van der Waals surface area contributed by atoms with Gasteiger partial charge in [0.25, 0.3) is 0 Å². The Hall–Kier alpha value is -1.30. The Morgan fingerprint density at radius 3 is 2.48 bits per heavy atom. The summed E-state index contributed by atoms with van der Waals surface area (Å²) in [7, 11) is 0. The number of allylic oxidation sites excluding steroid dienone is 2. The SMILES string of the molecule is C=C(CC[C@](C)(O)[C@H]1C(=O)C[C@H]2[C@@H]3C(=O)C=C4[C@@H](O)[C@@H](O)CC[C@]4(C)[C@H]3CC[C@@]21C)C(C)C. The predicted molar refractivity (Wildman–Crippen MR) is 127 cm³/mol. The number of rotatable bonds is 5. The van der Waals surface area contributed by atoms with Gasteiger partial charge in [0.05, 0.1) is 17.6 Å². The monoisotopic (exact) mass is 458 g/mol. The molecular formula is C28H42O5. The summed E-state index contributed by atoms with van der Waals surface area (Å²) in [6.45, 7) is 14.4. The van der Waals surface area contributed by atoms with E-state index in [4.69, 9.17) is 0 Å². The molecule has 5 nitrogen and oxygen atoms in total. The van der Waals surface area contributed by atoms with Gasteiger partial charge >= 0.3 is 0 Å². The lowest BCUT2D eigenvalue weighted by molar-refractivity contribution is -0.147. The number of carbonyl (C=O) groups excluding carboxylic acids is 2. The number of ketones is 2. The first kappa shape index (κ1) is 24.8. The molecule has 184 valence electrons. The quantitative estimate of drug-likeness (QED) is 0.542. The smallest absolute Gasteiger partial charge is 0.159 e. The molecule has 0 aliphatic heterocycles. The Morgan fingerprint density at radius 2 is 1.85 bits per heavy atom. The van der Waals surface area contributed by atoms with Crippen molar-refractivity contribution in [1.29, 1.82) is 0 Å². The lowest BCUT2D eigenvalue weighted by Crippen LogP contribution is -2.57. The molecule has 0 bridgehead atoms. The largest absolute Gasteiger partial charge is 0.390 e. The predicted octanol–water partition coefficient (Wildman–Crippen LogP) is 4.00. The summed E-state index contributed by atoms with van der Waals surface area (Å²) in [5.41, 5.74) is -0.144. The van der Waals surface area contributed by atoms with Crippen LogP contribution < -0.4 is 0 Å². The van der Waals surface area contributed by atoms with Crippen LogP contribution in [0.2, 0.25) is 0 Å². The molecule has 4 rings (SSSR count). The van der Waals surface area contributed by atoms with E-state index in [0.717, 1.165) is 24.8 Å². The fourth-order valence-corrected chi connectivity index (χ4v) is 8.15. The molecule has 4 aliphatic carbocycles. The maximum atomic E-state index is 13.5. The first-order valence-electron chi connectivity index (χ1n) is 12.8. The van der Waals surface area contributed by atoms with Crippen LogP contribution in [-0.4, -0.2) is 44.7 Å². The maximum Gasteiger partial charge on any atom is 0.159 e. The van der Waals surface area contributed by atoms with E-state index < -0.39 is 29.1 Å². The highest BCUT2D eigenvalue weighted by Crippen LogP contribution is 2.66. The minimum atomic E-state index is -1.14. The molecule has 3 saturated carbocycles. The van der Waals surface area contributed by atoms with Crippen LogP contribution in [0.1, 0.15) is 79.6 Å². The van der Waals surface area contributed by atoms with Crippen molar-refractivity contribution in [3.05, 3.63) is 23.8 Å². The Morgan fingerprint density at radius 1 is 1.18 bits per heavy atom. The van der Waals surface area contributed by atoms with Crippen molar-refractivity contribution in [2.45, 2.75) is 97.4 Å². The molecule has 3 N–H and O–H groups in total. The summed E-state index contributed by atoms with van der Waals surface area (Å²) >= 11 is 0. The molecule has 5 heteroatoms. The van der Waals surface area contributed by atoms with Crippen molar-refractivity contribution in [3.63, 3.8) is 0 Å². The molecule has 0 aromatic heterocycles. The van der Waals surface area contributed by atoms with Crippen LogP contribution in [0.15, 0.2) is 23.8 Å². The molecular weight excluding hydrogens is 416 g/mol. The summed E-state index contributed by atoms with van der Waals surface area (Å²) in [5, 5.41) is 32.4. The van der Waals surface area contributed by atoms with E-state index in [2.05, 4.69) is 34.3 Å². The highest BCUT2D eigenvalue weighted by molar-refractivity contribution is 5.96. The molecule has 0 heterocycles. The number of Topliss-reactive ketones (excluding diaryl/α,β-unsaturated/α-hetero) is 1. The van der Waals surface area contributed by atoms with E-state index in [1.165, 1.54) is 0 Å². The van der Waals surface area contributed by atoms with Gasteiger partial charge in [0, 0.05) is 12.3 Å². The van der Waals surface area contributed by atoms with Crippen LogP contribution in [-0.2, 0) is 9.59 Å². The van der Waals surface area contributed by atoms with Gasteiger partial charge < -0.3 is 15.3 Å². The zero-order valence-electron chi connectivity index (χ0n) is 20.9. The number of carbonyl (C=O) groups is 2. The van der Waals surface area contributed by atoms with Crippen LogP contribution in [0.25, 0.3) is 0 Å². The number of aliphatic hydroxyl groups is 3. The molecule has 9 atom stereocenters. The third-order valence-corrected chi connectivity index (χ3v) is 10.2. The van der Waals surface area contributed by atoms with Gasteiger partial charge in [-0.1, -0.05) is 39.8 Å². The number of hydrogen-bond donors (Lipinski definition) is 3. The van der Waals surface area contributed by atoms with Gasteiger partial charge in [-0.25, -0.2) is 0 Å². The molecule has 4 aliphatic rings. The highest BCUT2D eigenvalue weighted by Gasteiger charge is 2.66. The second-order valence-corrected chi connectivity index (χ2v) is 12.5. The van der Waals surface area contributed by atoms with Gasteiger partial charge in [0.1, 0.15) is 11.9 Å². The van der Waals surface area contributed by atoms with Crippen LogP contribution in [0.4, 0.5) is 0 Å². The van der Waals surface area contributed by atoms with Gasteiger partial charge in [-0.3, -0.25) is 9.59 Å². The van der Waals surface area contributed by atoms with E-state index in [-0.39, 0.29) is 34.7 Å². The van der Waals surface area contributed by atoms with Gasteiger partial charge in [-0.15, -0.1) is 0 Å². The second-order valence-electron chi connectivity index (χ2n) is 12.5. The van der Waals surface area contributed by atoms with Crippen molar-refractivity contribution in [1.82, 2.24) is 0 Å². The Labute approximate surface area is 198 Å². The second kappa shape index (κ2) is 8.13. The molecule has 3 fully saturated rings. The van der Waals surface area contributed by atoms with E-state index in [1.807, 2.05) is 0 Å². The van der Waals surface area contributed by atoms with Crippen molar-refractivity contribution < 1.29 is 24.9 Å². The highest BCUT2D eigenvalue weighted by atomic mass is 16.3. The van der Waals surface area contributed by atoms with Gasteiger partial charge in [0.2, 0.25) is 0 Å². The molecule has 33 heavy (non-hydrogen) atoms. The summed E-state index contributed by atoms with van der Waals surface area (Å²) < 4.78 is 0. The Kier molecular flexibility index (Phi) is 6.12. The van der Waals surface area contributed by atoms with Crippen LogP contribution in [0.3, 0.4) is 0 Å². The molecule has 0 radical (unpaired) electrons. The molecule has 0 aromatic rings. The fourth-order valence-electron chi connectivity index (χ4n) is 8.15. The van der Waals surface area contributed by atoms with Crippen molar-refractivity contribution in [2.75, 3.05) is 0 Å².